The number of aldehydes is 1. The highest BCUT2D eigenvalue weighted by atomic mass is 35.5. The van der Waals surface area contributed by atoms with Crippen LogP contribution < -0.4 is 5.32 Å². The lowest BCUT2D eigenvalue weighted by molar-refractivity contribution is 0.112. The van der Waals surface area contributed by atoms with E-state index >= 15 is 0 Å². The molecular formula is C13H11Cl2N3O. The summed E-state index contributed by atoms with van der Waals surface area (Å²) < 4.78 is 0. The van der Waals surface area contributed by atoms with Crippen molar-refractivity contribution in [2.24, 2.45) is 0 Å². The first-order valence-corrected chi connectivity index (χ1v) is 6.29. The lowest BCUT2D eigenvalue weighted by atomic mass is 10.2. The third-order valence-corrected chi connectivity index (χ3v) is 3.26. The van der Waals surface area contributed by atoms with Crippen LogP contribution in [0.15, 0.2) is 18.2 Å². The van der Waals surface area contributed by atoms with Crippen LogP contribution in [0.2, 0.25) is 10.2 Å². The van der Waals surface area contributed by atoms with E-state index in [9.17, 15) is 4.79 Å². The van der Waals surface area contributed by atoms with Crippen molar-refractivity contribution >= 4 is 41.0 Å². The number of anilines is 2. The summed E-state index contributed by atoms with van der Waals surface area (Å²) in [6.07, 6.45) is 0.625. The second-order valence-electron chi connectivity index (χ2n) is 4.03. The van der Waals surface area contributed by atoms with Crippen LogP contribution >= 0.6 is 23.2 Å². The maximum absolute atomic E-state index is 11.0. The van der Waals surface area contributed by atoms with Gasteiger partial charge in [0, 0.05) is 10.7 Å². The first-order valence-electron chi connectivity index (χ1n) is 5.53. The van der Waals surface area contributed by atoms with Crippen molar-refractivity contribution in [3.05, 3.63) is 45.3 Å². The highest BCUT2D eigenvalue weighted by Crippen LogP contribution is 2.25. The number of hydrogen-bond acceptors (Lipinski definition) is 4. The average molecular weight is 296 g/mol. The van der Waals surface area contributed by atoms with Crippen LogP contribution in [0.1, 0.15) is 21.7 Å². The highest BCUT2D eigenvalue weighted by Gasteiger charge is 2.11. The number of benzene rings is 1. The second-order valence-corrected chi connectivity index (χ2v) is 4.80. The summed E-state index contributed by atoms with van der Waals surface area (Å²) in [5.41, 5.74) is 1.93. The number of halogens is 2. The molecule has 4 nitrogen and oxygen atoms in total. The van der Waals surface area contributed by atoms with Gasteiger partial charge in [-0.2, -0.15) is 0 Å². The summed E-state index contributed by atoms with van der Waals surface area (Å²) >= 11 is 12.0. The molecule has 0 aliphatic heterocycles. The molecule has 2 rings (SSSR count). The van der Waals surface area contributed by atoms with Crippen molar-refractivity contribution in [2.75, 3.05) is 5.32 Å². The number of hydrogen-bond donors (Lipinski definition) is 1. The van der Waals surface area contributed by atoms with Gasteiger partial charge >= 0.3 is 0 Å². The summed E-state index contributed by atoms with van der Waals surface area (Å²) in [4.78, 5) is 19.1. The molecule has 1 heterocycles. The number of carbonyl (C=O) groups is 1. The van der Waals surface area contributed by atoms with Crippen LogP contribution in [0.5, 0.6) is 0 Å². The van der Waals surface area contributed by atoms with E-state index in [4.69, 9.17) is 23.2 Å². The fourth-order valence-corrected chi connectivity index (χ4v) is 1.99. The monoisotopic (exact) mass is 295 g/mol. The minimum atomic E-state index is 0.128. The fraction of sp³-hybridized carbons (Fsp3) is 0.154. The van der Waals surface area contributed by atoms with Gasteiger partial charge in [-0.15, -0.1) is 0 Å². The van der Waals surface area contributed by atoms with E-state index in [1.807, 2.05) is 19.1 Å². The van der Waals surface area contributed by atoms with Crippen molar-refractivity contribution in [3.8, 4) is 0 Å². The van der Waals surface area contributed by atoms with Gasteiger partial charge in [-0.05, 0) is 31.5 Å². The van der Waals surface area contributed by atoms with Crippen LogP contribution in [0.25, 0.3) is 0 Å². The molecule has 1 aromatic carbocycles. The molecule has 98 valence electrons. The topological polar surface area (TPSA) is 54.9 Å². The molecule has 0 bridgehead atoms. The molecule has 2 aromatic rings. The number of aromatic nitrogens is 2. The van der Waals surface area contributed by atoms with Gasteiger partial charge in [-0.1, -0.05) is 29.3 Å². The Balaban J connectivity index is 2.42. The SMILES string of the molecule is Cc1nc(Cl)c(C=O)c(Nc2ccc(C)c(Cl)c2)n1. The van der Waals surface area contributed by atoms with Crippen LogP contribution in [-0.2, 0) is 0 Å². The number of nitrogens with zero attached hydrogens (tertiary/aromatic N) is 2. The predicted molar refractivity (Wildman–Crippen MR) is 76.6 cm³/mol. The lowest BCUT2D eigenvalue weighted by Crippen LogP contribution is -2.03. The Bertz CT molecular complexity index is 644. The summed E-state index contributed by atoms with van der Waals surface area (Å²) in [6, 6.07) is 5.48. The van der Waals surface area contributed by atoms with E-state index < -0.39 is 0 Å². The van der Waals surface area contributed by atoms with Gasteiger partial charge < -0.3 is 5.32 Å². The average Bonchev–Trinajstić information content (AvgIpc) is 2.33. The summed E-state index contributed by atoms with van der Waals surface area (Å²) in [7, 11) is 0. The molecule has 1 N–H and O–H groups in total. The minimum Gasteiger partial charge on any atom is -0.339 e. The van der Waals surface area contributed by atoms with E-state index in [2.05, 4.69) is 15.3 Å². The number of aryl methyl sites for hydroxylation is 2. The Labute approximate surface area is 120 Å². The number of nitrogens with one attached hydrogen (secondary N) is 1. The van der Waals surface area contributed by atoms with E-state index in [0.29, 0.717) is 23.0 Å². The van der Waals surface area contributed by atoms with Crippen LogP contribution in [0.4, 0.5) is 11.5 Å². The van der Waals surface area contributed by atoms with Gasteiger partial charge in [0.1, 0.15) is 16.8 Å². The molecule has 0 aliphatic rings. The maximum atomic E-state index is 11.0. The zero-order chi connectivity index (χ0) is 14.0. The largest absolute Gasteiger partial charge is 0.339 e. The van der Waals surface area contributed by atoms with Crippen molar-refractivity contribution in [1.29, 1.82) is 0 Å². The zero-order valence-corrected chi connectivity index (χ0v) is 11.9. The standard InChI is InChI=1S/C13H11Cl2N3O/c1-7-3-4-9(5-11(7)14)18-13-10(6-19)12(15)16-8(2)17-13/h3-6H,1-2H3,(H,16,17,18). The smallest absolute Gasteiger partial charge is 0.156 e. The van der Waals surface area contributed by atoms with E-state index in [1.54, 1.807) is 13.0 Å². The summed E-state index contributed by atoms with van der Waals surface area (Å²) in [6.45, 7) is 3.61. The molecule has 0 saturated carbocycles. The van der Waals surface area contributed by atoms with Gasteiger partial charge in [0.15, 0.2) is 6.29 Å². The van der Waals surface area contributed by atoms with Crippen molar-refractivity contribution < 1.29 is 4.79 Å². The predicted octanol–water partition coefficient (Wildman–Crippen LogP) is 3.96. The Morgan fingerprint density at radius 2 is 1.95 bits per heavy atom. The number of rotatable bonds is 3. The van der Waals surface area contributed by atoms with Crippen molar-refractivity contribution in [1.82, 2.24) is 9.97 Å². The zero-order valence-electron chi connectivity index (χ0n) is 10.4. The van der Waals surface area contributed by atoms with Gasteiger partial charge in [0.25, 0.3) is 0 Å². The van der Waals surface area contributed by atoms with Gasteiger partial charge in [0.2, 0.25) is 0 Å². The number of carbonyl (C=O) groups excluding carboxylic acids is 1. The Morgan fingerprint density at radius 1 is 1.21 bits per heavy atom. The third-order valence-electron chi connectivity index (χ3n) is 2.56. The molecule has 0 spiro atoms. The lowest BCUT2D eigenvalue weighted by Gasteiger charge is -2.10. The first kappa shape index (κ1) is 13.8. The van der Waals surface area contributed by atoms with Gasteiger partial charge in [-0.25, -0.2) is 9.97 Å². The van der Waals surface area contributed by atoms with Crippen LogP contribution in [0, 0.1) is 13.8 Å². The molecule has 0 fully saturated rings. The third kappa shape index (κ3) is 3.03. The Morgan fingerprint density at radius 3 is 2.58 bits per heavy atom. The highest BCUT2D eigenvalue weighted by molar-refractivity contribution is 6.32. The molecule has 0 saturated heterocycles. The van der Waals surface area contributed by atoms with Gasteiger partial charge in [-0.3, -0.25) is 4.79 Å². The molecule has 0 unspecified atom stereocenters. The molecular weight excluding hydrogens is 285 g/mol. The van der Waals surface area contributed by atoms with Crippen LogP contribution in [-0.4, -0.2) is 16.3 Å². The molecule has 0 radical (unpaired) electrons. The molecule has 1 aromatic heterocycles. The first-order chi connectivity index (χ1) is 9.01. The van der Waals surface area contributed by atoms with Crippen molar-refractivity contribution in [2.45, 2.75) is 13.8 Å². The van der Waals surface area contributed by atoms with E-state index in [1.165, 1.54) is 0 Å². The summed E-state index contributed by atoms with van der Waals surface area (Å²) in [5, 5.41) is 3.78. The quantitative estimate of drug-likeness (QED) is 0.688. The van der Waals surface area contributed by atoms with Crippen LogP contribution in [0.3, 0.4) is 0 Å². The molecule has 0 amide bonds. The Kier molecular flexibility index (Phi) is 4.02. The van der Waals surface area contributed by atoms with E-state index in [0.717, 1.165) is 11.3 Å². The van der Waals surface area contributed by atoms with Crippen molar-refractivity contribution in [3.63, 3.8) is 0 Å². The minimum absolute atomic E-state index is 0.128. The Hall–Kier alpha value is -1.65. The molecule has 0 aliphatic carbocycles. The van der Waals surface area contributed by atoms with E-state index in [-0.39, 0.29) is 10.7 Å². The molecule has 19 heavy (non-hydrogen) atoms. The normalized spacial score (nSPS) is 10.3. The summed E-state index contributed by atoms with van der Waals surface area (Å²) in [5.74, 6) is 0.851. The fourth-order valence-electron chi connectivity index (χ4n) is 1.55. The van der Waals surface area contributed by atoms with Gasteiger partial charge in [0.05, 0.1) is 5.56 Å². The molecule has 0 atom stereocenters. The molecule has 6 heteroatoms. The second kappa shape index (κ2) is 5.55. The maximum Gasteiger partial charge on any atom is 0.156 e.